The SMILES string of the molecule is CCCCCCN=C(NCC)NCCC(=O)NC1CCS(=O)(=O)C1.I. The van der Waals surface area contributed by atoms with E-state index in [4.69, 9.17) is 0 Å². The molecule has 0 aromatic carbocycles. The third-order valence-electron chi connectivity index (χ3n) is 3.87. The van der Waals surface area contributed by atoms with Crippen LogP contribution in [0.25, 0.3) is 0 Å². The molecule has 0 spiro atoms. The molecule has 25 heavy (non-hydrogen) atoms. The number of nitrogens with zero attached hydrogens (tertiary/aromatic N) is 1. The molecule has 1 atom stereocenters. The highest BCUT2D eigenvalue weighted by atomic mass is 127. The van der Waals surface area contributed by atoms with Gasteiger partial charge in [0.15, 0.2) is 15.8 Å². The number of unbranched alkanes of at least 4 members (excludes halogenated alkanes) is 3. The number of rotatable bonds is 10. The maximum Gasteiger partial charge on any atom is 0.222 e. The normalized spacial score (nSPS) is 19.1. The number of aliphatic imine (C=N–C) groups is 1. The molecule has 0 saturated carbocycles. The first-order valence-corrected chi connectivity index (χ1v) is 10.8. The van der Waals surface area contributed by atoms with Gasteiger partial charge >= 0.3 is 0 Å². The predicted octanol–water partition coefficient (Wildman–Crippen LogP) is 1.43. The number of carbonyl (C=O) groups excluding carboxylic acids is 1. The van der Waals surface area contributed by atoms with Crippen LogP contribution in [0.1, 0.15) is 52.4 Å². The summed E-state index contributed by atoms with van der Waals surface area (Å²) in [6, 6.07) is -0.233. The molecule has 1 aliphatic heterocycles. The predicted molar refractivity (Wildman–Crippen MR) is 113 cm³/mol. The third kappa shape index (κ3) is 11.6. The molecule has 1 unspecified atom stereocenters. The van der Waals surface area contributed by atoms with Crippen LogP contribution in [-0.4, -0.2) is 57.5 Å². The maximum absolute atomic E-state index is 11.9. The summed E-state index contributed by atoms with van der Waals surface area (Å²) in [5.41, 5.74) is 0. The van der Waals surface area contributed by atoms with Gasteiger partial charge in [-0.05, 0) is 19.8 Å². The van der Waals surface area contributed by atoms with Crippen molar-refractivity contribution in [3.8, 4) is 0 Å². The summed E-state index contributed by atoms with van der Waals surface area (Å²) in [6.07, 6.45) is 5.52. The lowest BCUT2D eigenvalue weighted by Crippen LogP contribution is -2.41. The Morgan fingerprint density at radius 3 is 2.52 bits per heavy atom. The molecule has 148 valence electrons. The average molecular weight is 488 g/mol. The molecule has 1 amide bonds. The van der Waals surface area contributed by atoms with Crippen molar-refractivity contribution in [3.05, 3.63) is 0 Å². The van der Waals surface area contributed by atoms with Crippen molar-refractivity contribution in [2.24, 2.45) is 4.99 Å². The molecule has 9 heteroatoms. The molecule has 7 nitrogen and oxygen atoms in total. The van der Waals surface area contributed by atoms with Crippen LogP contribution in [0.5, 0.6) is 0 Å². The van der Waals surface area contributed by atoms with E-state index < -0.39 is 9.84 Å². The summed E-state index contributed by atoms with van der Waals surface area (Å²) in [5.74, 6) is 0.841. The molecular formula is C16H33IN4O3S. The Morgan fingerprint density at radius 1 is 1.16 bits per heavy atom. The summed E-state index contributed by atoms with van der Waals surface area (Å²) in [4.78, 5) is 16.4. The number of carbonyl (C=O) groups is 1. The van der Waals surface area contributed by atoms with Crippen molar-refractivity contribution in [3.63, 3.8) is 0 Å². The molecule has 0 aliphatic carbocycles. The van der Waals surface area contributed by atoms with E-state index in [1.54, 1.807) is 0 Å². The molecule has 1 saturated heterocycles. The second kappa shape index (κ2) is 13.6. The van der Waals surface area contributed by atoms with Crippen LogP contribution in [0.2, 0.25) is 0 Å². The van der Waals surface area contributed by atoms with Crippen molar-refractivity contribution in [2.45, 2.75) is 58.4 Å². The van der Waals surface area contributed by atoms with E-state index >= 15 is 0 Å². The van der Waals surface area contributed by atoms with E-state index in [1.807, 2.05) is 6.92 Å². The van der Waals surface area contributed by atoms with Crippen molar-refractivity contribution in [1.82, 2.24) is 16.0 Å². The lowest BCUT2D eigenvalue weighted by Gasteiger charge is -2.13. The fraction of sp³-hybridized carbons (Fsp3) is 0.875. The molecule has 1 heterocycles. The van der Waals surface area contributed by atoms with Crippen LogP contribution in [-0.2, 0) is 14.6 Å². The highest BCUT2D eigenvalue weighted by Crippen LogP contribution is 2.11. The Morgan fingerprint density at radius 2 is 1.92 bits per heavy atom. The summed E-state index contributed by atoms with van der Waals surface area (Å²) in [5, 5.41) is 9.09. The zero-order chi connectivity index (χ0) is 17.8. The number of hydrogen-bond donors (Lipinski definition) is 3. The molecule has 0 bridgehead atoms. The van der Waals surface area contributed by atoms with Gasteiger partial charge in [0.25, 0.3) is 0 Å². The minimum Gasteiger partial charge on any atom is -0.357 e. The smallest absolute Gasteiger partial charge is 0.222 e. The monoisotopic (exact) mass is 488 g/mol. The first-order valence-electron chi connectivity index (χ1n) is 8.98. The van der Waals surface area contributed by atoms with Crippen molar-refractivity contribution < 1.29 is 13.2 Å². The highest BCUT2D eigenvalue weighted by molar-refractivity contribution is 14.0. The second-order valence-corrected chi connectivity index (χ2v) is 8.39. The molecule has 1 rings (SSSR count). The van der Waals surface area contributed by atoms with Crippen LogP contribution >= 0.6 is 24.0 Å². The topological polar surface area (TPSA) is 99.7 Å². The molecule has 1 fully saturated rings. The molecular weight excluding hydrogens is 455 g/mol. The van der Waals surface area contributed by atoms with Crippen LogP contribution in [0, 0.1) is 0 Å². The highest BCUT2D eigenvalue weighted by Gasteiger charge is 2.28. The van der Waals surface area contributed by atoms with Gasteiger partial charge in [-0.3, -0.25) is 9.79 Å². The van der Waals surface area contributed by atoms with Gasteiger partial charge in [0.05, 0.1) is 11.5 Å². The van der Waals surface area contributed by atoms with E-state index in [0.717, 1.165) is 25.5 Å². The van der Waals surface area contributed by atoms with Gasteiger partial charge in [0.1, 0.15) is 0 Å². The zero-order valence-corrected chi connectivity index (χ0v) is 18.5. The van der Waals surface area contributed by atoms with Crippen LogP contribution in [0.4, 0.5) is 0 Å². The van der Waals surface area contributed by atoms with Crippen LogP contribution < -0.4 is 16.0 Å². The van der Waals surface area contributed by atoms with Crippen LogP contribution in [0.15, 0.2) is 4.99 Å². The maximum atomic E-state index is 11.9. The second-order valence-electron chi connectivity index (χ2n) is 6.17. The van der Waals surface area contributed by atoms with Gasteiger partial charge in [0.2, 0.25) is 5.91 Å². The Hall–Kier alpha value is -0.580. The first kappa shape index (κ1) is 24.4. The van der Waals surface area contributed by atoms with E-state index in [9.17, 15) is 13.2 Å². The lowest BCUT2D eigenvalue weighted by atomic mass is 10.2. The summed E-state index contributed by atoms with van der Waals surface area (Å²) < 4.78 is 22.8. The fourth-order valence-corrected chi connectivity index (χ4v) is 4.25. The minimum absolute atomic E-state index is 0. The van der Waals surface area contributed by atoms with Gasteiger partial charge in [-0.1, -0.05) is 26.2 Å². The standard InChI is InChI=1S/C16H32N4O3S.HI/c1-3-5-6-7-10-18-16(17-4-2)19-11-8-15(21)20-14-9-12-24(22,23)13-14;/h14H,3-13H2,1-2H3,(H,20,21)(H2,17,18,19);1H. The number of nitrogens with one attached hydrogen (secondary N) is 3. The quantitative estimate of drug-likeness (QED) is 0.187. The van der Waals surface area contributed by atoms with Crippen molar-refractivity contribution in [1.29, 1.82) is 0 Å². The van der Waals surface area contributed by atoms with Crippen molar-refractivity contribution >= 4 is 45.7 Å². The van der Waals surface area contributed by atoms with Gasteiger partial charge in [-0.15, -0.1) is 24.0 Å². The van der Waals surface area contributed by atoms with Gasteiger partial charge in [-0.2, -0.15) is 0 Å². The number of hydrogen-bond acceptors (Lipinski definition) is 4. The number of guanidine groups is 1. The summed E-state index contributed by atoms with van der Waals surface area (Å²) in [6.45, 7) is 6.21. The molecule has 0 radical (unpaired) electrons. The number of sulfone groups is 1. The lowest BCUT2D eigenvalue weighted by molar-refractivity contribution is -0.121. The van der Waals surface area contributed by atoms with E-state index in [-0.39, 0.29) is 47.4 Å². The van der Waals surface area contributed by atoms with Gasteiger partial charge in [-0.25, -0.2) is 8.42 Å². The molecule has 3 N–H and O–H groups in total. The van der Waals surface area contributed by atoms with E-state index in [1.165, 1.54) is 19.3 Å². The summed E-state index contributed by atoms with van der Waals surface area (Å²) >= 11 is 0. The molecule has 0 aromatic rings. The molecule has 0 aromatic heterocycles. The fourth-order valence-electron chi connectivity index (χ4n) is 2.57. The Labute approximate surface area is 169 Å². The summed E-state index contributed by atoms with van der Waals surface area (Å²) in [7, 11) is -2.96. The van der Waals surface area contributed by atoms with Crippen molar-refractivity contribution in [2.75, 3.05) is 31.1 Å². The number of amides is 1. The van der Waals surface area contributed by atoms with E-state index in [0.29, 0.717) is 19.4 Å². The largest absolute Gasteiger partial charge is 0.357 e. The third-order valence-corrected chi connectivity index (χ3v) is 5.64. The van der Waals surface area contributed by atoms with E-state index in [2.05, 4.69) is 27.9 Å². The van der Waals surface area contributed by atoms with Gasteiger partial charge in [0, 0.05) is 32.1 Å². The van der Waals surface area contributed by atoms with Crippen LogP contribution in [0.3, 0.4) is 0 Å². The molecule has 1 aliphatic rings. The Kier molecular flexibility index (Phi) is 13.3. The first-order chi connectivity index (χ1) is 11.5. The zero-order valence-electron chi connectivity index (χ0n) is 15.3. The Balaban J connectivity index is 0.00000576. The number of halogens is 1. The van der Waals surface area contributed by atoms with Gasteiger partial charge < -0.3 is 16.0 Å². The minimum atomic E-state index is -2.96. The average Bonchev–Trinajstić information content (AvgIpc) is 2.85. The Bertz CT molecular complexity index is 512.